The molecule has 0 radical (unpaired) electrons. The number of hydrogen-bond acceptors (Lipinski definition) is 2. The fourth-order valence-electron chi connectivity index (χ4n) is 2.26. The number of amides is 2. The van der Waals surface area contributed by atoms with E-state index in [-0.39, 0.29) is 24.2 Å². The van der Waals surface area contributed by atoms with Crippen molar-refractivity contribution in [2.24, 2.45) is 0 Å². The van der Waals surface area contributed by atoms with Crippen molar-refractivity contribution in [1.82, 2.24) is 0 Å². The average Bonchev–Trinajstić information content (AvgIpc) is 2.58. The van der Waals surface area contributed by atoms with Gasteiger partial charge in [-0.05, 0) is 50.2 Å². The Labute approximate surface area is 146 Å². The zero-order valence-corrected chi connectivity index (χ0v) is 14.6. The first-order valence-corrected chi connectivity index (χ1v) is 8.10. The zero-order valence-electron chi connectivity index (χ0n) is 14.6. The molecule has 132 valence electrons. The van der Waals surface area contributed by atoms with Gasteiger partial charge in [0.15, 0.2) is 12.6 Å². The van der Waals surface area contributed by atoms with E-state index in [1.54, 1.807) is 14.0 Å². The predicted octanol–water partition coefficient (Wildman–Crippen LogP) is 1.61. The number of halogens is 1. The van der Waals surface area contributed by atoms with Gasteiger partial charge in [-0.3, -0.25) is 9.59 Å². The second-order valence-electron chi connectivity index (χ2n) is 6.16. The van der Waals surface area contributed by atoms with Crippen LogP contribution in [0.15, 0.2) is 48.5 Å². The van der Waals surface area contributed by atoms with Crippen LogP contribution >= 0.6 is 0 Å². The fraction of sp³-hybridized carbons (Fsp3) is 0.263. The van der Waals surface area contributed by atoms with Gasteiger partial charge in [-0.2, -0.15) is 0 Å². The highest BCUT2D eigenvalue weighted by Gasteiger charge is 2.24. The molecule has 0 aliphatic carbocycles. The number of nitrogens with one attached hydrogen (secondary N) is 3. The summed E-state index contributed by atoms with van der Waals surface area (Å²) in [6.45, 7) is 3.88. The number of likely N-dealkylation sites (N-methyl/N-ethyl adjacent to an activating group) is 1. The van der Waals surface area contributed by atoms with E-state index in [0.29, 0.717) is 5.69 Å². The Hall–Kier alpha value is -2.73. The number of anilines is 2. The van der Waals surface area contributed by atoms with Gasteiger partial charge in [-0.15, -0.1) is 0 Å². The SMILES string of the molecule is Cc1ccc(NC(=O)C[NH+](C)[C@@H](C)C(=O)Nc2ccc(F)cc2)cc1. The Morgan fingerprint density at radius 3 is 2.12 bits per heavy atom. The molecular formula is C19H23FN3O2+. The van der Waals surface area contributed by atoms with E-state index in [0.717, 1.165) is 16.2 Å². The minimum absolute atomic E-state index is 0.159. The summed E-state index contributed by atoms with van der Waals surface area (Å²) in [7, 11) is 1.78. The Morgan fingerprint density at radius 1 is 1.00 bits per heavy atom. The van der Waals surface area contributed by atoms with Crippen LogP contribution in [-0.2, 0) is 9.59 Å². The maximum atomic E-state index is 12.9. The monoisotopic (exact) mass is 344 g/mol. The Bertz CT molecular complexity index is 729. The van der Waals surface area contributed by atoms with Gasteiger partial charge in [0.25, 0.3) is 11.8 Å². The summed E-state index contributed by atoms with van der Waals surface area (Å²) in [6.07, 6.45) is 0. The maximum absolute atomic E-state index is 12.9. The van der Waals surface area contributed by atoms with Crippen molar-refractivity contribution in [3.05, 3.63) is 59.9 Å². The lowest BCUT2D eigenvalue weighted by atomic mass is 10.2. The predicted molar refractivity (Wildman–Crippen MR) is 96.1 cm³/mol. The molecule has 2 rings (SSSR count). The van der Waals surface area contributed by atoms with Gasteiger partial charge in [0, 0.05) is 11.4 Å². The van der Waals surface area contributed by atoms with Gasteiger partial charge in [0.1, 0.15) is 5.82 Å². The van der Waals surface area contributed by atoms with Crippen molar-refractivity contribution in [2.45, 2.75) is 19.9 Å². The molecule has 1 unspecified atom stereocenters. The van der Waals surface area contributed by atoms with E-state index in [2.05, 4.69) is 10.6 Å². The molecule has 5 nitrogen and oxygen atoms in total. The summed E-state index contributed by atoms with van der Waals surface area (Å²) < 4.78 is 12.9. The van der Waals surface area contributed by atoms with Crippen LogP contribution < -0.4 is 15.5 Å². The lowest BCUT2D eigenvalue weighted by molar-refractivity contribution is -0.885. The summed E-state index contributed by atoms with van der Waals surface area (Å²) >= 11 is 0. The van der Waals surface area contributed by atoms with Crippen molar-refractivity contribution in [3.63, 3.8) is 0 Å². The van der Waals surface area contributed by atoms with Crippen LogP contribution in [-0.4, -0.2) is 31.4 Å². The molecule has 25 heavy (non-hydrogen) atoms. The van der Waals surface area contributed by atoms with Gasteiger partial charge >= 0.3 is 0 Å². The molecule has 2 aromatic rings. The topological polar surface area (TPSA) is 62.6 Å². The smallest absolute Gasteiger partial charge is 0.282 e. The molecule has 0 heterocycles. The highest BCUT2D eigenvalue weighted by Crippen LogP contribution is 2.09. The Kier molecular flexibility index (Phi) is 6.25. The molecule has 0 aromatic heterocycles. The molecule has 0 bridgehead atoms. The van der Waals surface area contributed by atoms with E-state index < -0.39 is 6.04 Å². The third-order valence-corrected chi connectivity index (χ3v) is 4.02. The lowest BCUT2D eigenvalue weighted by Gasteiger charge is -2.20. The van der Waals surface area contributed by atoms with E-state index >= 15 is 0 Å². The molecule has 2 atom stereocenters. The molecule has 2 aromatic carbocycles. The van der Waals surface area contributed by atoms with E-state index in [9.17, 15) is 14.0 Å². The van der Waals surface area contributed by atoms with E-state index in [4.69, 9.17) is 0 Å². The first-order valence-electron chi connectivity index (χ1n) is 8.10. The molecular weight excluding hydrogens is 321 g/mol. The number of aryl methyl sites for hydroxylation is 1. The number of quaternary nitrogens is 1. The number of carbonyl (C=O) groups excluding carboxylic acids is 2. The van der Waals surface area contributed by atoms with Crippen molar-refractivity contribution in [2.75, 3.05) is 24.2 Å². The summed E-state index contributed by atoms with van der Waals surface area (Å²) in [5, 5.41) is 5.54. The summed E-state index contributed by atoms with van der Waals surface area (Å²) in [6, 6.07) is 12.7. The lowest BCUT2D eigenvalue weighted by Crippen LogP contribution is -3.14. The van der Waals surface area contributed by atoms with Crippen LogP contribution in [0.3, 0.4) is 0 Å². The van der Waals surface area contributed by atoms with Gasteiger partial charge in [-0.1, -0.05) is 17.7 Å². The first-order chi connectivity index (χ1) is 11.8. The van der Waals surface area contributed by atoms with Crippen molar-refractivity contribution >= 4 is 23.2 Å². The normalized spacial score (nSPS) is 13.0. The minimum Gasteiger partial charge on any atom is -0.321 e. The van der Waals surface area contributed by atoms with Crippen molar-refractivity contribution in [1.29, 1.82) is 0 Å². The molecule has 0 spiro atoms. The Morgan fingerprint density at radius 2 is 1.52 bits per heavy atom. The zero-order chi connectivity index (χ0) is 18.4. The molecule has 0 fully saturated rings. The van der Waals surface area contributed by atoms with Crippen LogP contribution in [0.4, 0.5) is 15.8 Å². The summed E-state index contributed by atoms with van der Waals surface area (Å²) in [5.74, 6) is -0.753. The molecule has 0 saturated carbocycles. The second kappa shape index (κ2) is 8.39. The van der Waals surface area contributed by atoms with E-state index in [1.165, 1.54) is 24.3 Å². The third-order valence-electron chi connectivity index (χ3n) is 4.02. The van der Waals surface area contributed by atoms with Crippen LogP contribution in [0.1, 0.15) is 12.5 Å². The summed E-state index contributed by atoms with van der Waals surface area (Å²) in [4.78, 5) is 25.1. The highest BCUT2D eigenvalue weighted by molar-refractivity contribution is 5.94. The van der Waals surface area contributed by atoms with Gasteiger partial charge in [0.2, 0.25) is 0 Å². The third kappa shape index (κ3) is 5.69. The molecule has 3 N–H and O–H groups in total. The van der Waals surface area contributed by atoms with Crippen LogP contribution in [0.2, 0.25) is 0 Å². The van der Waals surface area contributed by atoms with Crippen LogP contribution in [0, 0.1) is 12.7 Å². The van der Waals surface area contributed by atoms with Crippen molar-refractivity contribution in [3.8, 4) is 0 Å². The van der Waals surface area contributed by atoms with Gasteiger partial charge < -0.3 is 15.5 Å². The van der Waals surface area contributed by atoms with Gasteiger partial charge in [0.05, 0.1) is 7.05 Å². The maximum Gasteiger partial charge on any atom is 0.282 e. The average molecular weight is 344 g/mol. The molecule has 2 amide bonds. The largest absolute Gasteiger partial charge is 0.321 e. The fourth-order valence-corrected chi connectivity index (χ4v) is 2.26. The number of carbonyl (C=O) groups is 2. The van der Waals surface area contributed by atoms with Crippen LogP contribution in [0.5, 0.6) is 0 Å². The quantitative estimate of drug-likeness (QED) is 0.746. The molecule has 0 aliphatic heterocycles. The molecule has 0 saturated heterocycles. The Balaban J connectivity index is 1.86. The van der Waals surface area contributed by atoms with E-state index in [1.807, 2.05) is 31.2 Å². The number of hydrogen-bond donors (Lipinski definition) is 3. The van der Waals surface area contributed by atoms with Gasteiger partial charge in [-0.25, -0.2) is 4.39 Å². The summed E-state index contributed by atoms with van der Waals surface area (Å²) in [5.41, 5.74) is 2.37. The molecule has 6 heteroatoms. The number of benzene rings is 2. The highest BCUT2D eigenvalue weighted by atomic mass is 19.1. The van der Waals surface area contributed by atoms with Crippen LogP contribution in [0.25, 0.3) is 0 Å². The second-order valence-corrected chi connectivity index (χ2v) is 6.16. The first kappa shape index (κ1) is 18.6. The standard InChI is InChI=1S/C19H22FN3O2/c1-13-4-8-16(9-5-13)21-18(24)12-23(3)14(2)19(25)22-17-10-6-15(20)7-11-17/h4-11,14H,12H2,1-3H3,(H,21,24)(H,22,25)/p+1/t14-/m0/s1. The number of rotatable bonds is 6. The minimum atomic E-state index is -0.436. The van der Waals surface area contributed by atoms with Crippen molar-refractivity contribution < 1.29 is 18.9 Å². The molecule has 0 aliphatic rings.